The Kier molecular flexibility index (Phi) is 3.98. The molecular formula is C11H13ClN4OS. The molecule has 0 fully saturated rings. The number of aromatic nitrogens is 3. The number of thiophene rings is 1. The zero-order valence-electron chi connectivity index (χ0n) is 10.1. The fourth-order valence-electron chi connectivity index (χ4n) is 1.64. The van der Waals surface area contributed by atoms with Gasteiger partial charge in [-0.3, -0.25) is 9.48 Å². The van der Waals surface area contributed by atoms with Crippen LogP contribution in [0.3, 0.4) is 0 Å². The van der Waals surface area contributed by atoms with Crippen molar-refractivity contribution in [3.05, 3.63) is 33.5 Å². The first kappa shape index (κ1) is 13.0. The first-order valence-corrected chi connectivity index (χ1v) is 6.71. The standard InChI is InChI=1S/C11H13ClN4OS/c1-3-7(10-13-6-14-16(10)2)15-11(17)8-4-5-9(12)18-8/h4-7H,3H2,1-2H3,(H,15,17)/t7-/m0/s1. The average Bonchev–Trinajstić information content (AvgIpc) is 2.95. The zero-order chi connectivity index (χ0) is 13.1. The molecule has 7 heteroatoms. The third-order valence-electron chi connectivity index (χ3n) is 2.57. The van der Waals surface area contributed by atoms with E-state index in [-0.39, 0.29) is 11.9 Å². The molecule has 0 aliphatic rings. The van der Waals surface area contributed by atoms with Crippen LogP contribution in [0, 0.1) is 0 Å². The van der Waals surface area contributed by atoms with E-state index < -0.39 is 0 Å². The Morgan fingerprint density at radius 3 is 2.89 bits per heavy atom. The molecule has 0 saturated carbocycles. The minimum Gasteiger partial charge on any atom is -0.341 e. The Labute approximate surface area is 114 Å². The lowest BCUT2D eigenvalue weighted by molar-refractivity contribution is 0.0937. The second-order valence-corrected chi connectivity index (χ2v) is 5.49. The molecule has 96 valence electrons. The highest BCUT2D eigenvalue weighted by Gasteiger charge is 2.18. The van der Waals surface area contributed by atoms with Gasteiger partial charge in [-0.25, -0.2) is 4.98 Å². The zero-order valence-corrected chi connectivity index (χ0v) is 11.6. The first-order chi connectivity index (χ1) is 8.61. The third kappa shape index (κ3) is 2.70. The molecule has 18 heavy (non-hydrogen) atoms. The van der Waals surface area contributed by atoms with E-state index in [1.807, 2.05) is 6.92 Å². The lowest BCUT2D eigenvalue weighted by Gasteiger charge is -2.15. The lowest BCUT2D eigenvalue weighted by Crippen LogP contribution is -2.29. The van der Waals surface area contributed by atoms with E-state index in [9.17, 15) is 4.79 Å². The van der Waals surface area contributed by atoms with Gasteiger partial charge in [0.05, 0.1) is 15.3 Å². The van der Waals surface area contributed by atoms with Gasteiger partial charge in [0.2, 0.25) is 0 Å². The number of nitrogens with one attached hydrogen (secondary N) is 1. The molecule has 0 aliphatic heterocycles. The van der Waals surface area contributed by atoms with E-state index in [1.54, 1.807) is 23.9 Å². The Morgan fingerprint density at radius 1 is 1.61 bits per heavy atom. The highest BCUT2D eigenvalue weighted by molar-refractivity contribution is 7.17. The predicted molar refractivity (Wildman–Crippen MR) is 70.8 cm³/mol. The topological polar surface area (TPSA) is 59.8 Å². The molecule has 1 atom stereocenters. The van der Waals surface area contributed by atoms with Crippen molar-refractivity contribution < 1.29 is 4.79 Å². The van der Waals surface area contributed by atoms with Crippen LogP contribution in [0.15, 0.2) is 18.5 Å². The molecule has 2 aromatic heterocycles. The number of amides is 1. The van der Waals surface area contributed by atoms with E-state index in [1.165, 1.54) is 17.7 Å². The van der Waals surface area contributed by atoms with Crippen molar-refractivity contribution in [2.24, 2.45) is 7.05 Å². The Morgan fingerprint density at radius 2 is 2.39 bits per heavy atom. The van der Waals surface area contributed by atoms with Crippen molar-refractivity contribution in [2.45, 2.75) is 19.4 Å². The first-order valence-electron chi connectivity index (χ1n) is 5.52. The van der Waals surface area contributed by atoms with Gasteiger partial charge in [0.25, 0.3) is 5.91 Å². The summed E-state index contributed by atoms with van der Waals surface area (Å²) in [5.41, 5.74) is 0. The molecule has 2 aromatic rings. The monoisotopic (exact) mass is 284 g/mol. The van der Waals surface area contributed by atoms with Crippen LogP contribution >= 0.6 is 22.9 Å². The second-order valence-electron chi connectivity index (χ2n) is 3.78. The Bertz CT molecular complexity index is 551. The molecule has 0 aromatic carbocycles. The summed E-state index contributed by atoms with van der Waals surface area (Å²) >= 11 is 7.07. The molecular weight excluding hydrogens is 272 g/mol. The van der Waals surface area contributed by atoms with E-state index in [0.29, 0.717) is 9.21 Å². The van der Waals surface area contributed by atoms with Crippen molar-refractivity contribution in [2.75, 3.05) is 0 Å². The summed E-state index contributed by atoms with van der Waals surface area (Å²) < 4.78 is 2.27. The van der Waals surface area contributed by atoms with Crippen LogP contribution in [-0.2, 0) is 7.05 Å². The second kappa shape index (κ2) is 5.49. The van der Waals surface area contributed by atoms with Crippen molar-refractivity contribution in [3.8, 4) is 0 Å². The molecule has 0 spiro atoms. The van der Waals surface area contributed by atoms with Crippen LogP contribution in [0.5, 0.6) is 0 Å². The van der Waals surface area contributed by atoms with E-state index in [2.05, 4.69) is 15.4 Å². The minimum absolute atomic E-state index is 0.137. The van der Waals surface area contributed by atoms with Crippen molar-refractivity contribution in [3.63, 3.8) is 0 Å². The van der Waals surface area contributed by atoms with Crippen LogP contribution in [-0.4, -0.2) is 20.7 Å². The van der Waals surface area contributed by atoms with Crippen LogP contribution < -0.4 is 5.32 Å². The van der Waals surface area contributed by atoms with Crippen molar-refractivity contribution >= 4 is 28.8 Å². The molecule has 1 amide bonds. The number of hydrogen-bond donors (Lipinski definition) is 1. The fraction of sp³-hybridized carbons (Fsp3) is 0.364. The molecule has 2 heterocycles. The third-order valence-corrected chi connectivity index (χ3v) is 3.80. The number of aryl methyl sites for hydroxylation is 1. The number of hydrogen-bond acceptors (Lipinski definition) is 4. The summed E-state index contributed by atoms with van der Waals surface area (Å²) in [5, 5.41) is 6.93. The number of carbonyl (C=O) groups is 1. The SMILES string of the molecule is CC[C@H](NC(=O)c1ccc(Cl)s1)c1ncnn1C. The molecule has 0 radical (unpaired) electrons. The van der Waals surface area contributed by atoms with E-state index in [0.717, 1.165) is 12.2 Å². The van der Waals surface area contributed by atoms with Crippen molar-refractivity contribution in [1.82, 2.24) is 20.1 Å². The van der Waals surface area contributed by atoms with Gasteiger partial charge in [-0.15, -0.1) is 11.3 Å². The maximum atomic E-state index is 12.0. The molecule has 5 nitrogen and oxygen atoms in total. The van der Waals surface area contributed by atoms with Crippen LogP contribution in [0.25, 0.3) is 0 Å². The summed E-state index contributed by atoms with van der Waals surface area (Å²) in [6.45, 7) is 1.99. The summed E-state index contributed by atoms with van der Waals surface area (Å²) in [6, 6.07) is 3.28. The maximum Gasteiger partial charge on any atom is 0.261 e. The molecule has 1 N–H and O–H groups in total. The number of nitrogens with zero attached hydrogens (tertiary/aromatic N) is 3. The van der Waals surface area contributed by atoms with Gasteiger partial charge in [0.1, 0.15) is 12.2 Å². The smallest absolute Gasteiger partial charge is 0.261 e. The van der Waals surface area contributed by atoms with Crippen LogP contribution in [0.2, 0.25) is 4.34 Å². The summed E-state index contributed by atoms with van der Waals surface area (Å²) in [6.07, 6.45) is 2.23. The molecule has 2 rings (SSSR count). The van der Waals surface area contributed by atoms with Crippen molar-refractivity contribution in [1.29, 1.82) is 0 Å². The quantitative estimate of drug-likeness (QED) is 0.938. The minimum atomic E-state index is -0.147. The van der Waals surface area contributed by atoms with E-state index >= 15 is 0 Å². The highest BCUT2D eigenvalue weighted by atomic mass is 35.5. The maximum absolute atomic E-state index is 12.0. The van der Waals surface area contributed by atoms with Gasteiger partial charge < -0.3 is 5.32 Å². The Hall–Kier alpha value is -1.40. The molecule has 0 bridgehead atoms. The lowest BCUT2D eigenvalue weighted by atomic mass is 10.2. The summed E-state index contributed by atoms with van der Waals surface area (Å²) in [4.78, 5) is 16.8. The largest absolute Gasteiger partial charge is 0.341 e. The van der Waals surface area contributed by atoms with Gasteiger partial charge in [-0.05, 0) is 18.6 Å². The fourth-order valence-corrected chi connectivity index (χ4v) is 2.58. The highest BCUT2D eigenvalue weighted by Crippen LogP contribution is 2.22. The Balaban J connectivity index is 2.12. The molecule has 0 aliphatic carbocycles. The summed E-state index contributed by atoms with van der Waals surface area (Å²) in [5.74, 6) is 0.607. The van der Waals surface area contributed by atoms with Gasteiger partial charge >= 0.3 is 0 Å². The number of halogens is 1. The average molecular weight is 285 g/mol. The molecule has 0 saturated heterocycles. The normalized spacial score (nSPS) is 12.4. The van der Waals surface area contributed by atoms with Gasteiger partial charge in [0.15, 0.2) is 0 Å². The predicted octanol–water partition coefficient (Wildman–Crippen LogP) is 2.41. The van der Waals surface area contributed by atoms with Gasteiger partial charge in [0, 0.05) is 7.05 Å². The number of carbonyl (C=O) groups excluding carboxylic acids is 1. The van der Waals surface area contributed by atoms with E-state index in [4.69, 9.17) is 11.6 Å². The van der Waals surface area contributed by atoms with Gasteiger partial charge in [-0.1, -0.05) is 18.5 Å². The molecule has 0 unspecified atom stereocenters. The summed E-state index contributed by atoms with van der Waals surface area (Å²) in [7, 11) is 1.80. The van der Waals surface area contributed by atoms with Crippen LogP contribution in [0.1, 0.15) is 34.9 Å². The van der Waals surface area contributed by atoms with Gasteiger partial charge in [-0.2, -0.15) is 5.10 Å². The number of rotatable bonds is 4. The van der Waals surface area contributed by atoms with Crippen LogP contribution in [0.4, 0.5) is 0 Å².